The molecule has 0 bridgehead atoms. The summed E-state index contributed by atoms with van der Waals surface area (Å²) in [6.45, 7) is 7.88. The third-order valence-corrected chi connectivity index (χ3v) is 4.80. The maximum Gasteiger partial charge on any atom is 0.00967 e. The maximum atomic E-state index is 3.71. The van der Waals surface area contributed by atoms with Gasteiger partial charge in [0, 0.05) is 12.1 Å². The molecule has 1 aromatic carbocycles. The largest absolute Gasteiger partial charge is 0.311 e. The first-order valence-corrected chi connectivity index (χ1v) is 8.84. The number of nitrogens with one attached hydrogen (secondary N) is 1. The van der Waals surface area contributed by atoms with Gasteiger partial charge in [0.1, 0.15) is 0 Å². The first-order valence-electron chi connectivity index (χ1n) is 8.84. The van der Waals surface area contributed by atoms with Gasteiger partial charge in [0.15, 0.2) is 0 Å². The van der Waals surface area contributed by atoms with Crippen molar-refractivity contribution in [1.82, 2.24) is 5.32 Å². The van der Waals surface area contributed by atoms with Crippen molar-refractivity contribution in [3.63, 3.8) is 0 Å². The molecule has 0 aromatic heterocycles. The molecular formula is C20H33N. The zero-order valence-electron chi connectivity index (χ0n) is 14.2. The summed E-state index contributed by atoms with van der Waals surface area (Å²) < 4.78 is 0. The second-order valence-corrected chi connectivity index (χ2v) is 7.82. The summed E-state index contributed by atoms with van der Waals surface area (Å²) in [6, 6.07) is 11.1. The van der Waals surface area contributed by atoms with Crippen LogP contribution < -0.4 is 5.32 Å². The predicted molar refractivity (Wildman–Crippen MR) is 92.7 cm³/mol. The Morgan fingerprint density at radius 1 is 1.05 bits per heavy atom. The van der Waals surface area contributed by atoms with Crippen LogP contribution in [0.25, 0.3) is 0 Å². The van der Waals surface area contributed by atoms with Crippen LogP contribution in [0.5, 0.6) is 0 Å². The first kappa shape index (κ1) is 16.5. The molecule has 1 atom stereocenters. The zero-order chi connectivity index (χ0) is 15.1. The van der Waals surface area contributed by atoms with Gasteiger partial charge in [-0.15, -0.1) is 0 Å². The van der Waals surface area contributed by atoms with E-state index in [9.17, 15) is 0 Å². The highest BCUT2D eigenvalue weighted by molar-refractivity contribution is 5.20. The van der Waals surface area contributed by atoms with E-state index in [1.807, 2.05) is 0 Å². The summed E-state index contributed by atoms with van der Waals surface area (Å²) in [5.41, 5.74) is 1.71. The van der Waals surface area contributed by atoms with Gasteiger partial charge in [-0.05, 0) is 51.0 Å². The average Bonchev–Trinajstić information content (AvgIpc) is 2.48. The second-order valence-electron chi connectivity index (χ2n) is 7.82. The van der Waals surface area contributed by atoms with E-state index in [2.05, 4.69) is 56.4 Å². The molecule has 1 unspecified atom stereocenters. The molecule has 1 aliphatic carbocycles. The normalized spacial score (nSPS) is 18.6. The van der Waals surface area contributed by atoms with Crippen LogP contribution in [0, 0.1) is 5.92 Å². The summed E-state index contributed by atoms with van der Waals surface area (Å²) >= 11 is 0. The molecular weight excluding hydrogens is 254 g/mol. The monoisotopic (exact) mass is 287 g/mol. The number of rotatable bonds is 6. The van der Waals surface area contributed by atoms with Crippen molar-refractivity contribution in [3.05, 3.63) is 35.9 Å². The van der Waals surface area contributed by atoms with Crippen LogP contribution in [-0.2, 0) is 0 Å². The number of hydrogen-bond donors (Lipinski definition) is 1. The van der Waals surface area contributed by atoms with Gasteiger partial charge in [0.25, 0.3) is 0 Å². The smallest absolute Gasteiger partial charge is 0.00967 e. The van der Waals surface area contributed by atoms with Crippen LogP contribution in [0.4, 0.5) is 0 Å². The summed E-state index contributed by atoms with van der Waals surface area (Å²) in [4.78, 5) is 0. The van der Waals surface area contributed by atoms with E-state index < -0.39 is 0 Å². The Kier molecular flexibility index (Phi) is 6.29. The van der Waals surface area contributed by atoms with E-state index in [-0.39, 0.29) is 5.54 Å². The SMILES string of the molecule is CC(C)(C)NCC(CCC1CCCCC1)c1ccccc1. The summed E-state index contributed by atoms with van der Waals surface area (Å²) in [5.74, 6) is 1.65. The maximum absolute atomic E-state index is 3.71. The zero-order valence-corrected chi connectivity index (χ0v) is 14.2. The summed E-state index contributed by atoms with van der Waals surface area (Å²) in [7, 11) is 0. The topological polar surface area (TPSA) is 12.0 Å². The van der Waals surface area contributed by atoms with Crippen molar-refractivity contribution in [2.75, 3.05) is 6.54 Å². The van der Waals surface area contributed by atoms with Crippen molar-refractivity contribution < 1.29 is 0 Å². The minimum atomic E-state index is 0.206. The third kappa shape index (κ3) is 6.22. The van der Waals surface area contributed by atoms with Gasteiger partial charge in [-0.25, -0.2) is 0 Å². The minimum Gasteiger partial charge on any atom is -0.311 e. The van der Waals surface area contributed by atoms with Crippen molar-refractivity contribution in [2.24, 2.45) is 5.92 Å². The molecule has 0 spiro atoms. The lowest BCUT2D eigenvalue weighted by molar-refractivity contribution is 0.314. The van der Waals surface area contributed by atoms with E-state index in [0.717, 1.165) is 12.5 Å². The lowest BCUT2D eigenvalue weighted by Gasteiger charge is -2.28. The molecule has 0 heterocycles. The van der Waals surface area contributed by atoms with Crippen LogP contribution in [0.3, 0.4) is 0 Å². The van der Waals surface area contributed by atoms with Crippen molar-refractivity contribution >= 4 is 0 Å². The van der Waals surface area contributed by atoms with Crippen molar-refractivity contribution in [1.29, 1.82) is 0 Å². The Morgan fingerprint density at radius 2 is 1.71 bits per heavy atom. The molecule has 1 saturated carbocycles. The van der Waals surface area contributed by atoms with E-state index in [1.54, 1.807) is 0 Å². The quantitative estimate of drug-likeness (QED) is 0.726. The third-order valence-electron chi connectivity index (χ3n) is 4.80. The Balaban J connectivity index is 1.91. The molecule has 2 rings (SSSR count). The molecule has 1 aromatic rings. The lowest BCUT2D eigenvalue weighted by atomic mass is 9.82. The number of hydrogen-bond acceptors (Lipinski definition) is 1. The van der Waals surface area contributed by atoms with Gasteiger partial charge in [-0.3, -0.25) is 0 Å². The van der Waals surface area contributed by atoms with Crippen LogP contribution in [-0.4, -0.2) is 12.1 Å². The molecule has 1 fully saturated rings. The van der Waals surface area contributed by atoms with E-state index >= 15 is 0 Å². The van der Waals surface area contributed by atoms with Crippen LogP contribution >= 0.6 is 0 Å². The van der Waals surface area contributed by atoms with Gasteiger partial charge in [0.05, 0.1) is 0 Å². The van der Waals surface area contributed by atoms with Crippen molar-refractivity contribution in [3.8, 4) is 0 Å². The van der Waals surface area contributed by atoms with Gasteiger partial charge in [0.2, 0.25) is 0 Å². The van der Waals surface area contributed by atoms with E-state index in [1.165, 1.54) is 50.5 Å². The summed E-state index contributed by atoms with van der Waals surface area (Å²) in [6.07, 6.45) is 10.1. The molecule has 1 heteroatoms. The highest BCUT2D eigenvalue weighted by atomic mass is 14.9. The fraction of sp³-hybridized carbons (Fsp3) is 0.700. The molecule has 118 valence electrons. The molecule has 0 saturated heterocycles. The Labute approximate surface area is 131 Å². The summed E-state index contributed by atoms with van der Waals surface area (Å²) in [5, 5.41) is 3.71. The fourth-order valence-electron chi connectivity index (χ4n) is 3.45. The van der Waals surface area contributed by atoms with Crippen LogP contribution in [0.15, 0.2) is 30.3 Å². The standard InChI is InChI=1S/C20H33N/c1-20(2,3)21-16-19(18-12-8-5-9-13-18)15-14-17-10-6-4-7-11-17/h5,8-9,12-13,17,19,21H,4,6-7,10-11,14-16H2,1-3H3. The first-order chi connectivity index (χ1) is 10.0. The number of benzene rings is 1. The fourth-order valence-corrected chi connectivity index (χ4v) is 3.45. The lowest BCUT2D eigenvalue weighted by Crippen LogP contribution is -2.38. The average molecular weight is 287 g/mol. The highest BCUT2D eigenvalue weighted by Crippen LogP contribution is 2.31. The molecule has 0 radical (unpaired) electrons. The van der Waals surface area contributed by atoms with E-state index in [4.69, 9.17) is 0 Å². The van der Waals surface area contributed by atoms with Crippen LogP contribution in [0.2, 0.25) is 0 Å². The molecule has 1 aliphatic rings. The molecule has 21 heavy (non-hydrogen) atoms. The predicted octanol–water partition coefficient (Wildman–Crippen LogP) is 5.52. The van der Waals surface area contributed by atoms with Gasteiger partial charge < -0.3 is 5.32 Å². The minimum absolute atomic E-state index is 0.206. The Bertz CT molecular complexity index is 384. The van der Waals surface area contributed by atoms with Gasteiger partial charge in [-0.1, -0.05) is 62.4 Å². The Hall–Kier alpha value is -0.820. The second kappa shape index (κ2) is 7.98. The van der Waals surface area contributed by atoms with Gasteiger partial charge in [-0.2, -0.15) is 0 Å². The Morgan fingerprint density at radius 3 is 2.33 bits per heavy atom. The molecule has 1 nitrogen and oxygen atoms in total. The van der Waals surface area contributed by atoms with Crippen LogP contribution in [0.1, 0.15) is 77.2 Å². The molecule has 0 amide bonds. The highest BCUT2D eigenvalue weighted by Gasteiger charge is 2.19. The van der Waals surface area contributed by atoms with Crippen molar-refractivity contribution in [2.45, 2.75) is 77.2 Å². The molecule has 1 N–H and O–H groups in total. The molecule has 0 aliphatic heterocycles. The van der Waals surface area contributed by atoms with Gasteiger partial charge >= 0.3 is 0 Å². The van der Waals surface area contributed by atoms with E-state index in [0.29, 0.717) is 5.92 Å².